The number of nitrogens with zero attached hydrogens (tertiary/aromatic N) is 1. The molecule has 0 aromatic heterocycles. The predicted octanol–water partition coefficient (Wildman–Crippen LogP) is 2.69. The van der Waals surface area contributed by atoms with Crippen LogP contribution in [0.4, 0.5) is 0 Å². The lowest BCUT2D eigenvalue weighted by Crippen LogP contribution is -2.39. The molecule has 1 heterocycles. The van der Waals surface area contributed by atoms with Crippen molar-refractivity contribution in [2.75, 3.05) is 26.3 Å². The van der Waals surface area contributed by atoms with Crippen LogP contribution in [-0.2, 0) is 23.9 Å². The first-order valence-electron chi connectivity index (χ1n) is 9.08. The quantitative estimate of drug-likeness (QED) is 0.366. The van der Waals surface area contributed by atoms with Gasteiger partial charge in [-0.2, -0.15) is 0 Å². The monoisotopic (exact) mass is 341 g/mol. The minimum atomic E-state index is -1.29. The minimum absolute atomic E-state index is 0.170. The fourth-order valence-electron chi connectivity index (χ4n) is 2.92. The van der Waals surface area contributed by atoms with E-state index in [2.05, 4.69) is 0 Å². The third-order valence-corrected chi connectivity index (χ3v) is 4.48. The summed E-state index contributed by atoms with van der Waals surface area (Å²) < 4.78 is 10.1. The Morgan fingerprint density at radius 3 is 1.96 bits per heavy atom. The van der Waals surface area contributed by atoms with E-state index in [1.807, 2.05) is 4.90 Å². The van der Waals surface area contributed by atoms with Crippen LogP contribution in [0.3, 0.4) is 0 Å². The maximum absolute atomic E-state index is 12.2. The van der Waals surface area contributed by atoms with Crippen molar-refractivity contribution in [3.05, 3.63) is 0 Å². The number of ether oxygens (including phenoxy) is 2. The molecule has 24 heavy (non-hydrogen) atoms. The molecule has 0 radical (unpaired) electrons. The topological polar surface area (TPSA) is 72.9 Å². The summed E-state index contributed by atoms with van der Waals surface area (Å²) in [7, 11) is 0. The van der Waals surface area contributed by atoms with Crippen LogP contribution in [0, 0.1) is 5.41 Å². The second-order valence-electron chi connectivity index (χ2n) is 6.42. The van der Waals surface area contributed by atoms with Gasteiger partial charge in [-0.05, 0) is 52.9 Å². The van der Waals surface area contributed by atoms with Gasteiger partial charge in [0.25, 0.3) is 0 Å². The van der Waals surface area contributed by atoms with Crippen LogP contribution in [0.5, 0.6) is 0 Å². The van der Waals surface area contributed by atoms with Crippen molar-refractivity contribution in [1.82, 2.24) is 4.90 Å². The van der Waals surface area contributed by atoms with Crippen molar-refractivity contribution < 1.29 is 23.9 Å². The third kappa shape index (κ3) is 5.80. The Bertz CT molecular complexity index is 411. The lowest BCUT2D eigenvalue weighted by atomic mass is 9.84. The van der Waals surface area contributed by atoms with Gasteiger partial charge in [0.15, 0.2) is 5.41 Å². The zero-order valence-corrected chi connectivity index (χ0v) is 15.3. The van der Waals surface area contributed by atoms with E-state index in [9.17, 15) is 14.4 Å². The number of rotatable bonds is 9. The molecular formula is C18H31NO5. The molecule has 1 aliphatic rings. The highest BCUT2D eigenvalue weighted by atomic mass is 16.6. The van der Waals surface area contributed by atoms with E-state index in [1.165, 1.54) is 6.42 Å². The molecule has 1 amide bonds. The highest BCUT2D eigenvalue weighted by molar-refractivity contribution is 5.99. The molecule has 0 spiro atoms. The normalized spacial score (nSPS) is 15.0. The van der Waals surface area contributed by atoms with Crippen LogP contribution in [0.15, 0.2) is 0 Å². The molecule has 6 heteroatoms. The van der Waals surface area contributed by atoms with Gasteiger partial charge < -0.3 is 14.4 Å². The van der Waals surface area contributed by atoms with Gasteiger partial charge in [-0.3, -0.25) is 14.4 Å². The smallest absolute Gasteiger partial charge is 0.323 e. The van der Waals surface area contributed by atoms with Crippen LogP contribution < -0.4 is 0 Å². The molecule has 6 nitrogen and oxygen atoms in total. The molecular weight excluding hydrogens is 310 g/mol. The Morgan fingerprint density at radius 1 is 0.917 bits per heavy atom. The van der Waals surface area contributed by atoms with Crippen molar-refractivity contribution in [3.63, 3.8) is 0 Å². The fraction of sp³-hybridized carbons (Fsp3) is 0.833. The van der Waals surface area contributed by atoms with Crippen molar-refractivity contribution in [1.29, 1.82) is 0 Å². The first-order chi connectivity index (χ1) is 11.5. The van der Waals surface area contributed by atoms with Crippen molar-refractivity contribution in [2.45, 2.75) is 65.7 Å². The fourth-order valence-corrected chi connectivity index (χ4v) is 2.92. The average molecular weight is 341 g/mol. The summed E-state index contributed by atoms with van der Waals surface area (Å²) in [6.07, 6.45) is 5.41. The highest BCUT2D eigenvalue weighted by Crippen LogP contribution is 2.28. The Labute approximate surface area is 144 Å². The number of esters is 2. The molecule has 0 aromatic carbocycles. The number of amides is 1. The van der Waals surface area contributed by atoms with Gasteiger partial charge in [-0.15, -0.1) is 0 Å². The average Bonchev–Trinajstić information content (AvgIpc) is 2.59. The molecule has 0 aromatic rings. The van der Waals surface area contributed by atoms with E-state index in [0.717, 1.165) is 25.9 Å². The molecule has 1 fully saturated rings. The van der Waals surface area contributed by atoms with E-state index in [1.54, 1.807) is 20.8 Å². The zero-order valence-electron chi connectivity index (χ0n) is 15.3. The Morgan fingerprint density at radius 2 is 1.46 bits per heavy atom. The molecule has 0 saturated carbocycles. The number of piperidine rings is 1. The maximum atomic E-state index is 12.2. The molecule has 0 atom stereocenters. The first-order valence-corrected chi connectivity index (χ1v) is 9.08. The number of likely N-dealkylation sites (tertiary alicyclic amines) is 1. The van der Waals surface area contributed by atoms with Crippen LogP contribution in [0.2, 0.25) is 0 Å². The van der Waals surface area contributed by atoms with E-state index in [-0.39, 0.29) is 19.1 Å². The van der Waals surface area contributed by atoms with Gasteiger partial charge in [0.05, 0.1) is 13.2 Å². The lowest BCUT2D eigenvalue weighted by Gasteiger charge is -2.27. The summed E-state index contributed by atoms with van der Waals surface area (Å²) in [5.41, 5.74) is -1.29. The molecule has 1 rings (SSSR count). The SMILES string of the molecule is CCOC(=O)C(C)(CCCCC(=O)N1CCCCC1)C(=O)OCC. The molecule has 0 bridgehead atoms. The van der Waals surface area contributed by atoms with E-state index in [4.69, 9.17) is 9.47 Å². The maximum Gasteiger partial charge on any atom is 0.323 e. The Kier molecular flexibility index (Phi) is 8.79. The molecule has 0 aliphatic carbocycles. The first kappa shape index (κ1) is 20.5. The number of unbranched alkanes of at least 4 members (excludes halogenated alkanes) is 1. The van der Waals surface area contributed by atoms with Gasteiger partial charge >= 0.3 is 11.9 Å². The molecule has 138 valence electrons. The summed E-state index contributed by atoms with van der Waals surface area (Å²) >= 11 is 0. The number of hydrogen-bond acceptors (Lipinski definition) is 5. The Balaban J connectivity index is 2.47. The van der Waals surface area contributed by atoms with Gasteiger partial charge in [0.2, 0.25) is 5.91 Å². The van der Waals surface area contributed by atoms with Crippen molar-refractivity contribution in [2.24, 2.45) is 5.41 Å². The minimum Gasteiger partial charge on any atom is -0.465 e. The molecule has 1 aliphatic heterocycles. The molecule has 1 saturated heterocycles. The van der Waals surface area contributed by atoms with Crippen LogP contribution in [0.1, 0.15) is 65.7 Å². The number of carbonyl (C=O) groups is 3. The van der Waals surface area contributed by atoms with Crippen LogP contribution in [0.25, 0.3) is 0 Å². The van der Waals surface area contributed by atoms with Crippen molar-refractivity contribution >= 4 is 17.8 Å². The summed E-state index contributed by atoms with van der Waals surface area (Å²) in [6.45, 7) is 7.13. The van der Waals surface area contributed by atoms with Gasteiger partial charge in [0, 0.05) is 19.5 Å². The van der Waals surface area contributed by atoms with Gasteiger partial charge in [-0.1, -0.05) is 6.42 Å². The third-order valence-electron chi connectivity index (χ3n) is 4.48. The second kappa shape index (κ2) is 10.3. The standard InChI is InChI=1S/C18H31NO5/c1-4-23-16(21)18(3,17(22)24-5-2)12-8-7-11-15(20)19-13-9-6-10-14-19/h4-14H2,1-3H3. The lowest BCUT2D eigenvalue weighted by molar-refractivity contribution is -0.171. The zero-order chi connectivity index (χ0) is 18.0. The molecule has 0 N–H and O–H groups in total. The molecule has 0 unspecified atom stereocenters. The predicted molar refractivity (Wildman–Crippen MR) is 90.3 cm³/mol. The Hall–Kier alpha value is -1.59. The van der Waals surface area contributed by atoms with Gasteiger partial charge in [-0.25, -0.2) is 0 Å². The largest absolute Gasteiger partial charge is 0.465 e. The highest BCUT2D eigenvalue weighted by Gasteiger charge is 2.43. The number of carbonyl (C=O) groups excluding carboxylic acids is 3. The number of hydrogen-bond donors (Lipinski definition) is 0. The summed E-state index contributed by atoms with van der Waals surface area (Å²) in [5.74, 6) is -0.930. The second-order valence-corrected chi connectivity index (χ2v) is 6.42. The van der Waals surface area contributed by atoms with Gasteiger partial charge in [0.1, 0.15) is 0 Å². The summed E-state index contributed by atoms with van der Waals surface area (Å²) in [6, 6.07) is 0. The van der Waals surface area contributed by atoms with E-state index < -0.39 is 17.4 Å². The van der Waals surface area contributed by atoms with Crippen LogP contribution in [-0.4, -0.2) is 49.0 Å². The van der Waals surface area contributed by atoms with E-state index in [0.29, 0.717) is 25.7 Å². The van der Waals surface area contributed by atoms with Crippen LogP contribution >= 0.6 is 0 Å². The van der Waals surface area contributed by atoms with E-state index >= 15 is 0 Å². The summed E-state index contributed by atoms with van der Waals surface area (Å²) in [4.78, 5) is 38.4. The van der Waals surface area contributed by atoms with Crippen molar-refractivity contribution in [3.8, 4) is 0 Å². The summed E-state index contributed by atoms with van der Waals surface area (Å²) in [5, 5.41) is 0.